The van der Waals surface area contributed by atoms with E-state index in [2.05, 4.69) is 10.6 Å². The van der Waals surface area contributed by atoms with Gasteiger partial charge in [0.2, 0.25) is 0 Å². The van der Waals surface area contributed by atoms with Gasteiger partial charge in [-0.25, -0.2) is 4.79 Å². The van der Waals surface area contributed by atoms with Gasteiger partial charge in [-0.15, -0.1) is 0 Å². The minimum atomic E-state index is -0.317. The minimum Gasteiger partial charge on any atom is -0.338 e. The van der Waals surface area contributed by atoms with Crippen LogP contribution < -0.4 is 10.6 Å². The maximum Gasteiger partial charge on any atom is 0.319 e. The lowest BCUT2D eigenvalue weighted by molar-refractivity contribution is 0.252. The van der Waals surface area contributed by atoms with Crippen LogP contribution >= 0.6 is 23.2 Å². The molecule has 14 heavy (non-hydrogen) atoms. The van der Waals surface area contributed by atoms with Crippen LogP contribution in [0.4, 0.5) is 10.5 Å². The minimum absolute atomic E-state index is 0.317. The van der Waals surface area contributed by atoms with Gasteiger partial charge in [-0.05, 0) is 19.1 Å². The van der Waals surface area contributed by atoms with Gasteiger partial charge in [-0.2, -0.15) is 0 Å². The van der Waals surface area contributed by atoms with Crippen molar-refractivity contribution in [2.45, 2.75) is 6.92 Å². The molecule has 76 valence electrons. The third-order valence-corrected chi connectivity index (χ3v) is 2.17. The molecule has 2 amide bonds. The van der Waals surface area contributed by atoms with Crippen molar-refractivity contribution in [3.63, 3.8) is 0 Å². The number of urea groups is 1. The predicted molar refractivity (Wildman–Crippen MR) is 59.2 cm³/mol. The van der Waals surface area contributed by atoms with Crippen LogP contribution in [0.5, 0.6) is 0 Å². The Morgan fingerprint density at radius 1 is 1.36 bits per heavy atom. The standard InChI is InChI=1S/C9H10Cl2N2O/c1-2-12-9(14)13-8-6(10)4-3-5-7(8)11/h3-5H,2H2,1H3,(H2,12,13,14). The maximum atomic E-state index is 11.2. The quantitative estimate of drug-likeness (QED) is 0.809. The second-order valence-electron chi connectivity index (χ2n) is 2.58. The molecule has 2 N–H and O–H groups in total. The van der Waals surface area contributed by atoms with Gasteiger partial charge in [-0.1, -0.05) is 29.3 Å². The Bertz CT molecular complexity index is 321. The maximum absolute atomic E-state index is 11.2. The first kappa shape index (κ1) is 11.1. The number of carbonyl (C=O) groups is 1. The third-order valence-electron chi connectivity index (χ3n) is 1.54. The summed E-state index contributed by atoms with van der Waals surface area (Å²) in [7, 11) is 0. The highest BCUT2D eigenvalue weighted by Crippen LogP contribution is 2.29. The first-order chi connectivity index (χ1) is 6.65. The van der Waals surface area contributed by atoms with E-state index in [-0.39, 0.29) is 6.03 Å². The fourth-order valence-corrected chi connectivity index (χ4v) is 1.43. The number of carbonyl (C=O) groups excluding carboxylic acids is 1. The third kappa shape index (κ3) is 2.79. The normalized spacial score (nSPS) is 9.64. The van der Waals surface area contributed by atoms with E-state index >= 15 is 0 Å². The molecule has 0 bridgehead atoms. The smallest absolute Gasteiger partial charge is 0.319 e. The Kier molecular flexibility index (Phi) is 4.04. The van der Waals surface area contributed by atoms with Gasteiger partial charge in [0.25, 0.3) is 0 Å². The molecule has 1 rings (SSSR count). The topological polar surface area (TPSA) is 41.1 Å². The van der Waals surface area contributed by atoms with Gasteiger partial charge in [0.15, 0.2) is 0 Å². The highest BCUT2D eigenvalue weighted by Gasteiger charge is 2.07. The lowest BCUT2D eigenvalue weighted by atomic mass is 10.3. The summed E-state index contributed by atoms with van der Waals surface area (Å²) in [4.78, 5) is 11.2. The Hall–Kier alpha value is -0.930. The Morgan fingerprint density at radius 2 is 1.93 bits per heavy atom. The number of amides is 2. The molecule has 3 nitrogen and oxygen atoms in total. The van der Waals surface area contributed by atoms with Gasteiger partial charge < -0.3 is 10.6 Å². The molecular weight excluding hydrogens is 223 g/mol. The lowest BCUT2D eigenvalue weighted by Gasteiger charge is -2.08. The second-order valence-corrected chi connectivity index (χ2v) is 3.40. The monoisotopic (exact) mass is 232 g/mol. The predicted octanol–water partition coefficient (Wildman–Crippen LogP) is 3.13. The van der Waals surface area contributed by atoms with E-state index in [9.17, 15) is 4.79 Å². The molecule has 0 aliphatic heterocycles. The summed E-state index contributed by atoms with van der Waals surface area (Å²) in [6.45, 7) is 2.38. The van der Waals surface area contributed by atoms with Crippen molar-refractivity contribution >= 4 is 34.9 Å². The van der Waals surface area contributed by atoms with E-state index in [1.54, 1.807) is 18.2 Å². The number of hydrogen-bond donors (Lipinski definition) is 2. The highest BCUT2D eigenvalue weighted by atomic mass is 35.5. The molecule has 1 aromatic carbocycles. The van der Waals surface area contributed by atoms with Gasteiger partial charge in [0.1, 0.15) is 0 Å². The summed E-state index contributed by atoms with van der Waals surface area (Å²) >= 11 is 11.7. The van der Waals surface area contributed by atoms with Gasteiger partial charge in [0.05, 0.1) is 15.7 Å². The molecular formula is C9H10Cl2N2O. The molecule has 0 spiro atoms. The van der Waals surface area contributed by atoms with Crippen LogP contribution in [0.3, 0.4) is 0 Å². The fourth-order valence-electron chi connectivity index (χ4n) is 0.936. The van der Waals surface area contributed by atoms with E-state index in [4.69, 9.17) is 23.2 Å². The fraction of sp³-hybridized carbons (Fsp3) is 0.222. The largest absolute Gasteiger partial charge is 0.338 e. The van der Waals surface area contributed by atoms with E-state index in [0.29, 0.717) is 22.3 Å². The lowest BCUT2D eigenvalue weighted by Crippen LogP contribution is -2.28. The molecule has 0 radical (unpaired) electrons. The van der Waals surface area contributed by atoms with Crippen molar-refractivity contribution in [3.05, 3.63) is 28.2 Å². The first-order valence-corrected chi connectivity index (χ1v) is 4.89. The molecule has 0 saturated carbocycles. The van der Waals surface area contributed by atoms with Crippen LogP contribution in [0.2, 0.25) is 10.0 Å². The molecule has 0 aromatic heterocycles. The molecule has 0 unspecified atom stereocenters. The average molecular weight is 233 g/mol. The molecule has 0 atom stereocenters. The van der Waals surface area contributed by atoms with E-state index in [0.717, 1.165) is 0 Å². The van der Waals surface area contributed by atoms with Crippen LogP contribution in [-0.2, 0) is 0 Å². The number of anilines is 1. The average Bonchev–Trinajstić information content (AvgIpc) is 2.12. The summed E-state index contributed by atoms with van der Waals surface area (Å²) < 4.78 is 0. The number of para-hydroxylation sites is 1. The van der Waals surface area contributed by atoms with Crippen molar-refractivity contribution in [1.29, 1.82) is 0 Å². The number of hydrogen-bond acceptors (Lipinski definition) is 1. The van der Waals surface area contributed by atoms with Crippen LogP contribution in [0, 0.1) is 0 Å². The zero-order valence-electron chi connectivity index (χ0n) is 7.60. The van der Waals surface area contributed by atoms with Crippen LogP contribution in [0.25, 0.3) is 0 Å². The summed E-state index contributed by atoms with van der Waals surface area (Å²) in [5.41, 5.74) is 0.432. The summed E-state index contributed by atoms with van der Waals surface area (Å²) in [6, 6.07) is 4.72. The van der Waals surface area contributed by atoms with Crippen molar-refractivity contribution < 1.29 is 4.79 Å². The summed E-state index contributed by atoms with van der Waals surface area (Å²) in [6.07, 6.45) is 0. The summed E-state index contributed by atoms with van der Waals surface area (Å²) in [5, 5.41) is 5.99. The number of nitrogens with one attached hydrogen (secondary N) is 2. The number of benzene rings is 1. The molecule has 1 aromatic rings. The molecule has 0 aliphatic rings. The molecule has 0 saturated heterocycles. The van der Waals surface area contributed by atoms with Crippen LogP contribution in [-0.4, -0.2) is 12.6 Å². The number of halogens is 2. The first-order valence-electron chi connectivity index (χ1n) is 4.14. The van der Waals surface area contributed by atoms with Crippen LogP contribution in [0.15, 0.2) is 18.2 Å². The van der Waals surface area contributed by atoms with Crippen molar-refractivity contribution in [1.82, 2.24) is 5.32 Å². The van der Waals surface area contributed by atoms with E-state index in [1.807, 2.05) is 6.92 Å². The highest BCUT2D eigenvalue weighted by molar-refractivity contribution is 6.39. The number of rotatable bonds is 2. The zero-order chi connectivity index (χ0) is 10.6. The van der Waals surface area contributed by atoms with Crippen LogP contribution in [0.1, 0.15) is 6.92 Å². The second kappa shape index (κ2) is 5.08. The Labute approximate surface area is 92.4 Å². The van der Waals surface area contributed by atoms with Gasteiger partial charge in [-0.3, -0.25) is 0 Å². The molecule has 0 aliphatic carbocycles. The van der Waals surface area contributed by atoms with Gasteiger partial charge in [0, 0.05) is 6.54 Å². The Morgan fingerprint density at radius 3 is 2.43 bits per heavy atom. The van der Waals surface area contributed by atoms with Crippen molar-refractivity contribution in [3.8, 4) is 0 Å². The summed E-state index contributed by atoms with van der Waals surface area (Å²) in [5.74, 6) is 0. The van der Waals surface area contributed by atoms with Gasteiger partial charge >= 0.3 is 6.03 Å². The zero-order valence-corrected chi connectivity index (χ0v) is 9.12. The van der Waals surface area contributed by atoms with E-state index < -0.39 is 0 Å². The van der Waals surface area contributed by atoms with Crippen molar-refractivity contribution in [2.24, 2.45) is 0 Å². The molecule has 0 fully saturated rings. The Balaban J connectivity index is 2.80. The molecule has 5 heteroatoms. The van der Waals surface area contributed by atoms with E-state index in [1.165, 1.54) is 0 Å². The SMILES string of the molecule is CCNC(=O)Nc1c(Cl)cccc1Cl. The molecule has 0 heterocycles. The van der Waals surface area contributed by atoms with Crippen molar-refractivity contribution in [2.75, 3.05) is 11.9 Å².